The third-order valence-corrected chi connectivity index (χ3v) is 10.9. The van der Waals surface area contributed by atoms with Crippen molar-refractivity contribution in [3.63, 3.8) is 0 Å². The fraction of sp³-hybridized carbons (Fsp3) is 0.444. The Morgan fingerprint density at radius 3 is 1.28 bits per heavy atom. The van der Waals surface area contributed by atoms with Crippen molar-refractivity contribution >= 4 is 45.2 Å². The van der Waals surface area contributed by atoms with E-state index >= 15 is 0 Å². The zero-order chi connectivity index (χ0) is 28.7. The van der Waals surface area contributed by atoms with Crippen LogP contribution in [0.5, 0.6) is 0 Å². The molecule has 7 heteroatoms. The number of rotatable bonds is 4. The van der Waals surface area contributed by atoms with Crippen LogP contribution in [-0.4, -0.2) is 44.9 Å². The highest BCUT2D eigenvalue weighted by Gasteiger charge is 2.30. The summed E-state index contributed by atoms with van der Waals surface area (Å²) in [4.78, 5) is 16.2. The van der Waals surface area contributed by atoms with Crippen molar-refractivity contribution < 1.29 is 0 Å². The molecular weight excluding hydrogens is 549 g/mol. The van der Waals surface area contributed by atoms with E-state index in [4.69, 9.17) is 18.7 Å². The van der Waals surface area contributed by atoms with Gasteiger partial charge >= 0.3 is 0 Å². The fourth-order valence-electron chi connectivity index (χ4n) is 8.60. The van der Waals surface area contributed by atoms with Gasteiger partial charge in [0.2, 0.25) is 0 Å². The zero-order valence-corrected chi connectivity index (χ0v) is 26.1. The molecule has 0 spiro atoms. The zero-order valence-electron chi connectivity index (χ0n) is 25.3. The summed E-state index contributed by atoms with van der Waals surface area (Å²) in [7, 11) is 0. The van der Waals surface area contributed by atoms with Crippen LogP contribution >= 0.6 is 11.7 Å². The maximum absolute atomic E-state index is 5.46. The van der Waals surface area contributed by atoms with Gasteiger partial charge in [0, 0.05) is 48.7 Å². The first-order chi connectivity index (χ1) is 21.2. The molecule has 0 amide bonds. The highest BCUT2D eigenvalue weighted by molar-refractivity contribution is 7.00. The van der Waals surface area contributed by atoms with Gasteiger partial charge in [-0.05, 0) is 122 Å². The smallest absolute Gasteiger partial charge is 0.115 e. The standard InChI is InChI=1S/C36H38N6S/c1-3-27-28(4-2)38-32-30(26-19-23-11-7-15-42-16-8-12-24(20-26)36(23)42)34-33(39-43-40-34)29(31(32)37-27)25-17-21-9-5-13-41-14-6-10-22(18-25)35(21)41/h17-20H,3-16H2,1-2H3. The molecule has 0 unspecified atom stereocenters. The number of anilines is 2. The Bertz CT molecular complexity index is 1740. The first kappa shape index (κ1) is 25.9. The van der Waals surface area contributed by atoms with E-state index in [1.54, 1.807) is 0 Å². The first-order valence-corrected chi connectivity index (χ1v) is 17.2. The topological polar surface area (TPSA) is 58.0 Å². The fourth-order valence-corrected chi connectivity index (χ4v) is 9.16. The Labute approximate surface area is 257 Å². The highest BCUT2D eigenvalue weighted by Crippen LogP contribution is 2.47. The van der Waals surface area contributed by atoms with Crippen molar-refractivity contribution in [1.82, 2.24) is 18.7 Å². The van der Waals surface area contributed by atoms with Crippen LogP contribution in [0.1, 0.15) is 73.2 Å². The van der Waals surface area contributed by atoms with Crippen LogP contribution in [0.4, 0.5) is 11.4 Å². The lowest BCUT2D eigenvalue weighted by atomic mass is 9.85. The van der Waals surface area contributed by atoms with Crippen LogP contribution in [0.2, 0.25) is 0 Å². The molecular formula is C36H38N6S. The molecule has 0 bridgehead atoms. The van der Waals surface area contributed by atoms with Gasteiger partial charge in [-0.15, -0.1) is 0 Å². The summed E-state index contributed by atoms with van der Waals surface area (Å²) < 4.78 is 10.0. The van der Waals surface area contributed by atoms with Crippen molar-refractivity contribution in [2.24, 2.45) is 0 Å². The Hall–Kier alpha value is -3.58. The molecule has 0 N–H and O–H groups in total. The predicted molar refractivity (Wildman–Crippen MR) is 178 cm³/mol. The third kappa shape index (κ3) is 3.89. The maximum Gasteiger partial charge on any atom is 0.115 e. The second-order valence-electron chi connectivity index (χ2n) is 12.9. The second-order valence-corrected chi connectivity index (χ2v) is 13.4. The summed E-state index contributed by atoms with van der Waals surface area (Å²) in [6.07, 6.45) is 11.2. The van der Waals surface area contributed by atoms with Crippen LogP contribution in [0, 0.1) is 0 Å². The minimum atomic E-state index is 0.872. The van der Waals surface area contributed by atoms with E-state index in [0.29, 0.717) is 0 Å². The Balaban J connectivity index is 1.36. The van der Waals surface area contributed by atoms with Crippen molar-refractivity contribution in [2.45, 2.75) is 78.1 Å². The molecule has 6 heterocycles. The van der Waals surface area contributed by atoms with Gasteiger partial charge in [0.05, 0.1) is 34.1 Å². The number of aryl methyl sites for hydroxylation is 6. The number of aromatic nitrogens is 4. The van der Waals surface area contributed by atoms with Crippen LogP contribution in [-0.2, 0) is 38.5 Å². The largest absolute Gasteiger partial charge is 0.371 e. The molecule has 9 rings (SSSR count). The van der Waals surface area contributed by atoms with E-state index in [2.05, 4.69) is 47.9 Å². The maximum atomic E-state index is 5.46. The lowest BCUT2D eigenvalue weighted by Gasteiger charge is -2.37. The number of hydrogen-bond acceptors (Lipinski definition) is 7. The van der Waals surface area contributed by atoms with Gasteiger partial charge in [-0.1, -0.05) is 13.8 Å². The van der Waals surface area contributed by atoms with E-state index in [0.717, 1.165) is 83.1 Å². The molecule has 0 aliphatic carbocycles. The van der Waals surface area contributed by atoms with Gasteiger partial charge in [-0.3, -0.25) is 0 Å². The lowest BCUT2D eigenvalue weighted by molar-refractivity contribution is 0.634. The third-order valence-electron chi connectivity index (χ3n) is 10.4. The summed E-state index contributed by atoms with van der Waals surface area (Å²) in [5.41, 5.74) is 19.8. The monoisotopic (exact) mass is 586 g/mol. The molecule has 0 saturated heterocycles. The van der Waals surface area contributed by atoms with E-state index in [1.165, 1.54) is 108 Å². The Kier molecular flexibility index (Phi) is 6.01. The SMILES string of the molecule is CCc1nc2c(-c3cc4c5c(c3)CCCN5CCC4)c3nsnc3c(-c3cc4c5c(c3)CCCN5CCC4)c2nc1CC. The molecule has 43 heavy (non-hydrogen) atoms. The molecule has 0 radical (unpaired) electrons. The minimum Gasteiger partial charge on any atom is -0.371 e. The quantitative estimate of drug-likeness (QED) is 0.218. The molecule has 4 aliphatic rings. The number of nitrogens with zero attached hydrogens (tertiary/aromatic N) is 6. The molecule has 0 atom stereocenters. The van der Waals surface area contributed by atoms with E-state index < -0.39 is 0 Å². The van der Waals surface area contributed by atoms with E-state index in [9.17, 15) is 0 Å². The molecule has 0 saturated carbocycles. The van der Waals surface area contributed by atoms with E-state index in [-0.39, 0.29) is 0 Å². The van der Waals surface area contributed by atoms with Crippen molar-refractivity contribution in [1.29, 1.82) is 0 Å². The summed E-state index contributed by atoms with van der Waals surface area (Å²) in [6, 6.07) is 9.79. The summed E-state index contributed by atoms with van der Waals surface area (Å²) >= 11 is 1.33. The normalized spacial score (nSPS) is 17.4. The van der Waals surface area contributed by atoms with Gasteiger partial charge in [-0.25, -0.2) is 9.97 Å². The minimum absolute atomic E-state index is 0.872. The van der Waals surface area contributed by atoms with Gasteiger partial charge < -0.3 is 9.80 Å². The van der Waals surface area contributed by atoms with Crippen LogP contribution in [0.3, 0.4) is 0 Å². The molecule has 3 aromatic carbocycles. The van der Waals surface area contributed by atoms with Gasteiger partial charge in [0.1, 0.15) is 11.0 Å². The van der Waals surface area contributed by atoms with Crippen molar-refractivity contribution in [3.8, 4) is 22.3 Å². The molecule has 6 nitrogen and oxygen atoms in total. The molecule has 4 aliphatic heterocycles. The van der Waals surface area contributed by atoms with Gasteiger partial charge in [-0.2, -0.15) is 8.75 Å². The predicted octanol–water partition coefficient (Wildman–Crippen LogP) is 7.49. The Morgan fingerprint density at radius 2 is 0.930 bits per heavy atom. The molecule has 2 aromatic heterocycles. The van der Waals surface area contributed by atoms with Crippen LogP contribution < -0.4 is 9.80 Å². The summed E-state index contributed by atoms with van der Waals surface area (Å²) in [6.45, 7) is 9.14. The van der Waals surface area contributed by atoms with Gasteiger partial charge in [0.25, 0.3) is 0 Å². The number of hydrogen-bond donors (Lipinski definition) is 0. The van der Waals surface area contributed by atoms with E-state index in [1.807, 2.05) is 0 Å². The average Bonchev–Trinajstić information content (AvgIpc) is 3.52. The highest BCUT2D eigenvalue weighted by atomic mass is 32.1. The molecule has 0 fully saturated rings. The summed E-state index contributed by atoms with van der Waals surface area (Å²) in [5, 5.41) is 0. The van der Waals surface area contributed by atoms with Gasteiger partial charge in [0.15, 0.2) is 0 Å². The second kappa shape index (κ2) is 9.98. The number of benzene rings is 3. The van der Waals surface area contributed by atoms with Crippen LogP contribution in [0.15, 0.2) is 24.3 Å². The average molecular weight is 587 g/mol. The first-order valence-electron chi connectivity index (χ1n) is 16.5. The Morgan fingerprint density at radius 1 is 0.558 bits per heavy atom. The van der Waals surface area contributed by atoms with Crippen molar-refractivity contribution in [2.75, 3.05) is 36.0 Å². The van der Waals surface area contributed by atoms with Crippen LogP contribution in [0.25, 0.3) is 44.3 Å². The lowest BCUT2D eigenvalue weighted by Crippen LogP contribution is -2.34. The molecule has 218 valence electrons. The molecule has 5 aromatic rings. The van der Waals surface area contributed by atoms with Crippen molar-refractivity contribution in [3.05, 3.63) is 57.9 Å². The number of fused-ring (bicyclic) bond motifs is 2. The summed E-state index contributed by atoms with van der Waals surface area (Å²) in [5.74, 6) is 0.